The van der Waals surface area contributed by atoms with Gasteiger partial charge in [-0.05, 0) is 50.9 Å². The molecule has 1 rings (SSSR count). The highest BCUT2D eigenvalue weighted by atomic mass is 79.9. The number of amides is 6. The maximum Gasteiger partial charge on any atom is 0.326 e. The summed E-state index contributed by atoms with van der Waals surface area (Å²) in [5.74, 6) is -4.15. The third-order valence-electron chi connectivity index (χ3n) is 10.3. The van der Waals surface area contributed by atoms with Crippen LogP contribution in [0.3, 0.4) is 0 Å². The Bertz CT molecular complexity index is 1300. The zero-order valence-corrected chi connectivity index (χ0v) is 36.9. The Labute approximate surface area is 363 Å². The number of alkyl halides is 1. The smallest absolute Gasteiger partial charge is 0.326 e. The van der Waals surface area contributed by atoms with Crippen LogP contribution in [0.4, 0.5) is 0 Å². The van der Waals surface area contributed by atoms with Gasteiger partial charge in [0.25, 0.3) is 5.91 Å². The summed E-state index contributed by atoms with van der Waals surface area (Å²) in [5.41, 5.74) is 5.43. The van der Waals surface area contributed by atoms with E-state index in [4.69, 9.17) is 20.3 Å². The van der Waals surface area contributed by atoms with Crippen molar-refractivity contribution in [1.82, 2.24) is 26.2 Å². The Hall–Kier alpha value is -3.68. The largest absolute Gasteiger partial charge is 0.481 e. The molecular formula is C41H71BrN6O12. The summed E-state index contributed by atoms with van der Waals surface area (Å²) in [5, 5.41) is 29.1. The molecule has 1 atom stereocenters. The van der Waals surface area contributed by atoms with Crippen LogP contribution in [0.1, 0.15) is 128 Å². The fraction of sp³-hybridized carbons (Fsp3) is 0.805. The number of halogens is 1. The quantitative estimate of drug-likeness (QED) is 0.0353. The maximum atomic E-state index is 12.9. The number of aliphatic carboxylic acids is 2. The van der Waals surface area contributed by atoms with E-state index in [2.05, 4.69) is 37.2 Å². The minimum absolute atomic E-state index is 0.0234. The van der Waals surface area contributed by atoms with Crippen molar-refractivity contribution in [2.75, 3.05) is 64.5 Å². The van der Waals surface area contributed by atoms with E-state index in [1.807, 2.05) is 0 Å². The molecule has 60 heavy (non-hydrogen) atoms. The number of rotatable bonds is 36. The summed E-state index contributed by atoms with van der Waals surface area (Å²) < 4.78 is 10.5. The first-order valence-electron chi connectivity index (χ1n) is 21.7. The highest BCUT2D eigenvalue weighted by Crippen LogP contribution is 2.29. The van der Waals surface area contributed by atoms with Crippen LogP contribution >= 0.6 is 15.9 Å². The summed E-state index contributed by atoms with van der Waals surface area (Å²) in [4.78, 5) is 96.8. The first-order chi connectivity index (χ1) is 28.9. The van der Waals surface area contributed by atoms with Crippen molar-refractivity contribution in [2.45, 2.75) is 134 Å². The van der Waals surface area contributed by atoms with Crippen LogP contribution in [-0.4, -0.2) is 133 Å². The number of imide groups is 1. The lowest BCUT2D eigenvalue weighted by molar-refractivity contribution is -0.146. The lowest BCUT2D eigenvalue weighted by Crippen LogP contribution is -2.45. The molecule has 344 valence electrons. The molecule has 1 aliphatic rings. The van der Waals surface area contributed by atoms with Gasteiger partial charge in [0.15, 0.2) is 0 Å². The number of nitrogens with zero attached hydrogens (tertiary/aromatic N) is 1. The second-order valence-electron chi connectivity index (χ2n) is 15.3. The number of hydrogen-bond donors (Lipinski definition) is 7. The van der Waals surface area contributed by atoms with Crippen molar-refractivity contribution in [3.63, 3.8) is 0 Å². The average molecular weight is 920 g/mol. The van der Waals surface area contributed by atoms with Crippen molar-refractivity contribution in [2.24, 2.45) is 17.6 Å². The summed E-state index contributed by atoms with van der Waals surface area (Å²) in [6, 6.07) is -1.22. The SMILES string of the molecule is NCCN(C(=O)CBr)C(=O)COCCNC(=O)COCCNC(=O)CC[C@H](NC(=O)C1CCC(CNC(=O)CCCCCCCCCCCCCCC(=O)O)CC1)C(=O)O. The van der Waals surface area contributed by atoms with Gasteiger partial charge >= 0.3 is 11.9 Å². The van der Waals surface area contributed by atoms with E-state index >= 15 is 0 Å². The molecule has 0 radical (unpaired) electrons. The molecule has 19 heteroatoms. The van der Waals surface area contributed by atoms with Gasteiger partial charge in [0, 0.05) is 57.9 Å². The molecule has 0 aromatic rings. The van der Waals surface area contributed by atoms with E-state index in [-0.39, 0.29) is 101 Å². The molecule has 0 saturated heterocycles. The Morgan fingerprint density at radius 2 is 1.17 bits per heavy atom. The number of carboxylic acids is 2. The van der Waals surface area contributed by atoms with E-state index in [1.165, 1.54) is 38.5 Å². The normalized spacial score (nSPS) is 15.4. The van der Waals surface area contributed by atoms with Crippen LogP contribution in [0.2, 0.25) is 0 Å². The van der Waals surface area contributed by atoms with Crippen LogP contribution in [0.25, 0.3) is 0 Å². The predicted molar refractivity (Wildman–Crippen MR) is 227 cm³/mol. The Morgan fingerprint density at radius 1 is 0.650 bits per heavy atom. The summed E-state index contributed by atoms with van der Waals surface area (Å²) in [6.07, 6.45) is 16.3. The van der Waals surface area contributed by atoms with E-state index in [1.54, 1.807) is 0 Å². The lowest BCUT2D eigenvalue weighted by atomic mass is 9.81. The van der Waals surface area contributed by atoms with Crippen molar-refractivity contribution in [3.8, 4) is 0 Å². The Morgan fingerprint density at radius 3 is 1.70 bits per heavy atom. The second-order valence-corrected chi connectivity index (χ2v) is 15.8. The van der Waals surface area contributed by atoms with Crippen molar-refractivity contribution in [1.29, 1.82) is 0 Å². The first kappa shape index (κ1) is 54.3. The zero-order chi connectivity index (χ0) is 44.4. The molecule has 0 aromatic carbocycles. The molecule has 1 aliphatic carbocycles. The molecule has 6 amide bonds. The minimum atomic E-state index is -1.23. The van der Waals surface area contributed by atoms with E-state index in [9.17, 15) is 43.5 Å². The molecular weight excluding hydrogens is 848 g/mol. The number of carboxylic acid groups (broad SMARTS) is 2. The average Bonchev–Trinajstić information content (AvgIpc) is 3.22. The van der Waals surface area contributed by atoms with Gasteiger partial charge in [-0.1, -0.05) is 80.1 Å². The van der Waals surface area contributed by atoms with Gasteiger partial charge in [-0.15, -0.1) is 0 Å². The minimum Gasteiger partial charge on any atom is -0.481 e. The molecule has 0 aromatic heterocycles. The third kappa shape index (κ3) is 28.0. The van der Waals surface area contributed by atoms with E-state index in [0.717, 1.165) is 56.3 Å². The second kappa shape index (κ2) is 35.0. The predicted octanol–water partition coefficient (Wildman–Crippen LogP) is 2.78. The van der Waals surface area contributed by atoms with Crippen molar-refractivity contribution in [3.05, 3.63) is 0 Å². The maximum absolute atomic E-state index is 12.9. The molecule has 0 unspecified atom stereocenters. The Kier molecular flexibility index (Phi) is 31.7. The van der Waals surface area contributed by atoms with Gasteiger partial charge in [0.1, 0.15) is 19.3 Å². The number of carbonyl (C=O) groups is 8. The Balaban J connectivity index is 2.10. The summed E-state index contributed by atoms with van der Waals surface area (Å²) in [6.45, 7) is 0.368. The topological polar surface area (TPSA) is 273 Å². The van der Waals surface area contributed by atoms with Gasteiger partial charge in [0.2, 0.25) is 29.5 Å². The molecule has 1 saturated carbocycles. The van der Waals surface area contributed by atoms with E-state index < -0.39 is 41.6 Å². The molecule has 0 heterocycles. The number of nitrogens with two attached hydrogens (primary N) is 1. The lowest BCUT2D eigenvalue weighted by Gasteiger charge is -2.28. The molecule has 8 N–H and O–H groups in total. The highest BCUT2D eigenvalue weighted by molar-refractivity contribution is 9.09. The van der Waals surface area contributed by atoms with E-state index in [0.29, 0.717) is 25.8 Å². The number of nitrogens with one attached hydrogen (secondary N) is 4. The van der Waals surface area contributed by atoms with Gasteiger partial charge < -0.3 is 46.7 Å². The van der Waals surface area contributed by atoms with Crippen molar-refractivity contribution < 1.29 is 58.0 Å². The van der Waals surface area contributed by atoms with Gasteiger partial charge in [-0.3, -0.25) is 38.5 Å². The fourth-order valence-electron chi connectivity index (χ4n) is 6.78. The summed E-state index contributed by atoms with van der Waals surface area (Å²) in [7, 11) is 0. The highest BCUT2D eigenvalue weighted by Gasteiger charge is 2.30. The van der Waals surface area contributed by atoms with Crippen LogP contribution in [-0.2, 0) is 47.8 Å². The number of carbonyl (C=O) groups excluding carboxylic acids is 6. The molecule has 0 aliphatic heterocycles. The first-order valence-corrected chi connectivity index (χ1v) is 22.8. The molecule has 0 bridgehead atoms. The molecule has 0 spiro atoms. The number of hydrogen-bond acceptors (Lipinski definition) is 11. The molecule has 1 fully saturated rings. The van der Waals surface area contributed by atoms with Crippen LogP contribution in [0.15, 0.2) is 0 Å². The summed E-state index contributed by atoms with van der Waals surface area (Å²) >= 11 is 3.01. The monoisotopic (exact) mass is 918 g/mol. The van der Waals surface area contributed by atoms with Gasteiger partial charge in [-0.25, -0.2) is 4.79 Å². The number of unbranched alkanes of at least 4 members (excludes halogenated alkanes) is 11. The number of ether oxygens (including phenoxy) is 2. The van der Waals surface area contributed by atoms with Gasteiger partial charge in [-0.2, -0.15) is 0 Å². The zero-order valence-electron chi connectivity index (χ0n) is 35.3. The van der Waals surface area contributed by atoms with Crippen LogP contribution in [0.5, 0.6) is 0 Å². The van der Waals surface area contributed by atoms with Crippen LogP contribution in [0, 0.1) is 11.8 Å². The third-order valence-corrected chi connectivity index (χ3v) is 10.8. The van der Waals surface area contributed by atoms with Crippen molar-refractivity contribution >= 4 is 63.3 Å². The van der Waals surface area contributed by atoms with Gasteiger partial charge in [0.05, 0.1) is 18.5 Å². The van der Waals surface area contributed by atoms with Crippen LogP contribution < -0.4 is 27.0 Å². The molecule has 18 nitrogen and oxygen atoms in total. The standard InChI is InChI=1S/C41H71BrN6O12/c42-27-37(52)48(24-21-43)38(53)30-60-26-23-45-36(51)29-59-25-22-44-35(50)20-19-33(41(57)58)47-40(56)32-17-15-31(16-18-32)28-46-34(49)13-11-9-7-5-3-1-2-4-6-8-10-12-14-39(54)55/h31-33H,1-30,43H2,(H,44,50)(H,45,51)(H,46,49)(H,47,56)(H,54,55)(H,57,58)/t31?,32?,33-/m0/s1. The fourth-order valence-corrected chi connectivity index (χ4v) is 7.09.